The Kier molecular flexibility index (Phi) is 3.00. The van der Waals surface area contributed by atoms with Gasteiger partial charge in [0, 0.05) is 0 Å². The summed E-state index contributed by atoms with van der Waals surface area (Å²) in [6.07, 6.45) is 1.47. The van der Waals surface area contributed by atoms with Gasteiger partial charge in [-0.2, -0.15) is 10.5 Å². The van der Waals surface area contributed by atoms with Crippen LogP contribution in [0.2, 0.25) is 0 Å². The van der Waals surface area contributed by atoms with Crippen LogP contribution in [0.1, 0.15) is 11.3 Å². The van der Waals surface area contributed by atoms with E-state index in [9.17, 15) is 0 Å². The third-order valence-corrected chi connectivity index (χ3v) is 2.05. The molecule has 2 rings (SSSR count). The summed E-state index contributed by atoms with van der Waals surface area (Å²) in [5, 5.41) is 17.3. The first-order valence-corrected chi connectivity index (χ1v) is 4.86. The van der Waals surface area contributed by atoms with Crippen LogP contribution in [0.5, 0.6) is 11.5 Å². The van der Waals surface area contributed by atoms with Gasteiger partial charge in [-0.1, -0.05) is 6.07 Å². The summed E-state index contributed by atoms with van der Waals surface area (Å²) in [6, 6.07) is 14.0. The number of hydrogen-bond acceptors (Lipinski definition) is 4. The molecule has 4 heteroatoms. The van der Waals surface area contributed by atoms with E-state index in [0.717, 1.165) is 0 Å². The molecule has 0 amide bonds. The summed E-state index contributed by atoms with van der Waals surface area (Å²) in [5.41, 5.74) is 0.868. The number of ether oxygens (including phenoxy) is 1. The Morgan fingerprint density at radius 3 is 2.53 bits per heavy atom. The molecule has 0 saturated heterocycles. The topological polar surface area (TPSA) is 69.7 Å². The lowest BCUT2D eigenvalue weighted by molar-refractivity contribution is 0.480. The van der Waals surface area contributed by atoms with Crippen molar-refractivity contribution in [2.24, 2.45) is 0 Å². The van der Waals surface area contributed by atoms with Crippen molar-refractivity contribution >= 4 is 0 Å². The molecule has 0 aliphatic carbocycles. The number of nitriles is 2. The zero-order valence-corrected chi connectivity index (χ0v) is 8.79. The highest BCUT2D eigenvalue weighted by atomic mass is 16.5. The summed E-state index contributed by atoms with van der Waals surface area (Å²) < 4.78 is 5.50. The van der Waals surface area contributed by atoms with Gasteiger partial charge in [-0.3, -0.25) is 0 Å². The highest BCUT2D eigenvalue weighted by Gasteiger charge is 1.99. The summed E-state index contributed by atoms with van der Waals surface area (Å²) >= 11 is 0. The third-order valence-electron chi connectivity index (χ3n) is 2.05. The maximum atomic E-state index is 8.74. The van der Waals surface area contributed by atoms with Gasteiger partial charge in [-0.15, -0.1) is 0 Å². The molecule has 0 atom stereocenters. The van der Waals surface area contributed by atoms with Crippen LogP contribution in [0.15, 0.2) is 42.6 Å². The molecule has 0 spiro atoms. The van der Waals surface area contributed by atoms with E-state index in [-0.39, 0.29) is 0 Å². The molecular weight excluding hydrogens is 214 g/mol. The first-order valence-electron chi connectivity index (χ1n) is 4.86. The molecular formula is C13H7N3O. The van der Waals surface area contributed by atoms with E-state index in [4.69, 9.17) is 15.3 Å². The fourth-order valence-electron chi connectivity index (χ4n) is 1.27. The maximum Gasteiger partial charge on any atom is 0.145 e. The van der Waals surface area contributed by atoms with E-state index in [1.165, 1.54) is 6.20 Å². The average Bonchev–Trinajstić information content (AvgIpc) is 2.40. The Bertz CT molecular complexity index is 606. The predicted octanol–water partition coefficient (Wildman–Crippen LogP) is 2.62. The summed E-state index contributed by atoms with van der Waals surface area (Å²) in [7, 11) is 0. The molecule has 0 aliphatic heterocycles. The molecule has 0 saturated carbocycles. The maximum absolute atomic E-state index is 8.74. The Labute approximate surface area is 98.3 Å². The Morgan fingerprint density at radius 2 is 1.88 bits per heavy atom. The fourth-order valence-corrected chi connectivity index (χ4v) is 1.27. The van der Waals surface area contributed by atoms with Gasteiger partial charge in [-0.25, -0.2) is 4.98 Å². The highest BCUT2D eigenvalue weighted by molar-refractivity contribution is 5.38. The van der Waals surface area contributed by atoms with Crippen LogP contribution in [-0.4, -0.2) is 4.98 Å². The van der Waals surface area contributed by atoms with Crippen molar-refractivity contribution in [3.63, 3.8) is 0 Å². The van der Waals surface area contributed by atoms with E-state index in [1.807, 2.05) is 12.1 Å². The van der Waals surface area contributed by atoms with E-state index in [0.29, 0.717) is 22.8 Å². The molecule has 80 valence electrons. The van der Waals surface area contributed by atoms with Gasteiger partial charge in [-0.05, 0) is 30.3 Å². The Balaban J connectivity index is 2.20. The number of rotatable bonds is 2. The van der Waals surface area contributed by atoms with Crippen LogP contribution in [-0.2, 0) is 0 Å². The Hall–Kier alpha value is -2.85. The number of benzene rings is 1. The molecule has 1 heterocycles. The summed E-state index contributed by atoms with van der Waals surface area (Å²) in [4.78, 5) is 3.88. The second kappa shape index (κ2) is 4.78. The van der Waals surface area contributed by atoms with Crippen molar-refractivity contribution in [2.45, 2.75) is 0 Å². The summed E-state index contributed by atoms with van der Waals surface area (Å²) in [6.45, 7) is 0. The zero-order valence-electron chi connectivity index (χ0n) is 8.79. The number of pyridine rings is 1. The predicted molar refractivity (Wildman–Crippen MR) is 60.2 cm³/mol. The smallest absolute Gasteiger partial charge is 0.145 e. The lowest BCUT2D eigenvalue weighted by Gasteiger charge is -2.04. The van der Waals surface area contributed by atoms with Crippen molar-refractivity contribution in [1.82, 2.24) is 4.98 Å². The van der Waals surface area contributed by atoms with E-state index in [1.54, 1.807) is 36.4 Å². The van der Waals surface area contributed by atoms with Crippen molar-refractivity contribution < 1.29 is 4.74 Å². The highest BCUT2D eigenvalue weighted by Crippen LogP contribution is 2.21. The first kappa shape index (κ1) is 10.7. The molecule has 0 aliphatic rings. The largest absolute Gasteiger partial charge is 0.456 e. The second-order valence-electron chi connectivity index (χ2n) is 3.23. The van der Waals surface area contributed by atoms with Crippen LogP contribution >= 0.6 is 0 Å². The van der Waals surface area contributed by atoms with Gasteiger partial charge in [0.15, 0.2) is 0 Å². The molecule has 0 bridgehead atoms. The zero-order chi connectivity index (χ0) is 12.1. The minimum atomic E-state index is 0.336. The van der Waals surface area contributed by atoms with Crippen LogP contribution < -0.4 is 4.74 Å². The standard InChI is InChI=1S/C13H7N3O/c14-7-10-2-1-3-12(6-10)17-13-5-4-11(8-15)16-9-13/h1-6,9H. The molecule has 0 radical (unpaired) electrons. The minimum Gasteiger partial charge on any atom is -0.456 e. The van der Waals surface area contributed by atoms with E-state index in [2.05, 4.69) is 4.98 Å². The molecule has 2 aromatic rings. The summed E-state index contributed by atoms with van der Waals surface area (Å²) in [5.74, 6) is 1.09. The van der Waals surface area contributed by atoms with E-state index < -0.39 is 0 Å². The van der Waals surface area contributed by atoms with Gasteiger partial charge < -0.3 is 4.74 Å². The van der Waals surface area contributed by atoms with Gasteiger partial charge >= 0.3 is 0 Å². The molecule has 0 N–H and O–H groups in total. The van der Waals surface area contributed by atoms with Crippen LogP contribution in [0.25, 0.3) is 0 Å². The second-order valence-corrected chi connectivity index (χ2v) is 3.23. The molecule has 4 nitrogen and oxygen atoms in total. The Morgan fingerprint density at radius 1 is 1.00 bits per heavy atom. The monoisotopic (exact) mass is 221 g/mol. The molecule has 0 unspecified atom stereocenters. The normalized spacial score (nSPS) is 9.06. The van der Waals surface area contributed by atoms with Crippen molar-refractivity contribution in [1.29, 1.82) is 10.5 Å². The lowest BCUT2D eigenvalue weighted by Crippen LogP contribution is -1.87. The van der Waals surface area contributed by atoms with Crippen molar-refractivity contribution in [3.05, 3.63) is 53.9 Å². The lowest BCUT2D eigenvalue weighted by atomic mass is 10.2. The minimum absolute atomic E-state index is 0.336. The van der Waals surface area contributed by atoms with Crippen LogP contribution in [0.3, 0.4) is 0 Å². The molecule has 0 fully saturated rings. The fraction of sp³-hybridized carbons (Fsp3) is 0. The first-order chi connectivity index (χ1) is 8.31. The van der Waals surface area contributed by atoms with Gasteiger partial charge in [0.2, 0.25) is 0 Å². The SMILES string of the molecule is N#Cc1cccc(Oc2ccc(C#N)nc2)c1. The number of hydrogen-bond donors (Lipinski definition) is 0. The number of nitrogens with zero attached hydrogens (tertiary/aromatic N) is 3. The van der Waals surface area contributed by atoms with Gasteiger partial charge in [0.1, 0.15) is 23.3 Å². The molecule has 1 aromatic heterocycles. The third kappa shape index (κ3) is 2.58. The molecule has 1 aromatic carbocycles. The average molecular weight is 221 g/mol. The quantitative estimate of drug-likeness (QED) is 0.781. The van der Waals surface area contributed by atoms with Gasteiger partial charge in [0.05, 0.1) is 17.8 Å². The van der Waals surface area contributed by atoms with Crippen LogP contribution in [0.4, 0.5) is 0 Å². The molecule has 17 heavy (non-hydrogen) atoms. The van der Waals surface area contributed by atoms with Gasteiger partial charge in [0.25, 0.3) is 0 Å². The van der Waals surface area contributed by atoms with Crippen LogP contribution in [0, 0.1) is 22.7 Å². The van der Waals surface area contributed by atoms with Crippen molar-refractivity contribution in [2.75, 3.05) is 0 Å². The van der Waals surface area contributed by atoms with Crippen molar-refractivity contribution in [3.8, 4) is 23.6 Å². The number of aromatic nitrogens is 1. The van der Waals surface area contributed by atoms with E-state index >= 15 is 0 Å².